The highest BCUT2D eigenvalue weighted by molar-refractivity contribution is 5.89. The van der Waals surface area contributed by atoms with Gasteiger partial charge in [0.15, 0.2) is 5.75 Å². The zero-order valence-corrected chi connectivity index (χ0v) is 19.9. The lowest BCUT2D eigenvalue weighted by Crippen LogP contribution is -2.24. The maximum atomic E-state index is 13.5. The Morgan fingerprint density at radius 3 is 2.12 bits per heavy atom. The number of non-ortho nitro benzene ring substituents is 1. The maximum Gasteiger partial charge on any atom is 0.297 e. The molecule has 0 fully saturated rings. The van der Waals surface area contributed by atoms with E-state index in [-0.39, 0.29) is 17.0 Å². The van der Waals surface area contributed by atoms with Gasteiger partial charge in [-0.05, 0) is 25.3 Å². The minimum atomic E-state index is -0.428. The number of hydrogen-bond acceptors (Lipinski definition) is 5. The number of nitro groups is 1. The van der Waals surface area contributed by atoms with Gasteiger partial charge in [-0.25, -0.2) is 0 Å². The van der Waals surface area contributed by atoms with E-state index in [9.17, 15) is 14.9 Å². The minimum Gasteiger partial charge on any atom is -0.489 e. The molecule has 0 N–H and O–H groups in total. The number of hydrogen-bond donors (Lipinski definition) is 0. The van der Waals surface area contributed by atoms with Gasteiger partial charge in [-0.3, -0.25) is 14.9 Å². The minimum absolute atomic E-state index is 0.0345. The summed E-state index contributed by atoms with van der Waals surface area (Å²) in [7, 11) is 0. The first kappa shape index (κ1) is 25.7. The number of nitro benzene ring substituents is 1. The number of aryl methyl sites for hydroxylation is 1. The van der Waals surface area contributed by atoms with E-state index in [0.29, 0.717) is 36.4 Å². The molecule has 0 aliphatic rings. The molecular weight excluding hydrogens is 408 g/mol. The number of rotatable bonds is 16. The van der Waals surface area contributed by atoms with Crippen LogP contribution >= 0.6 is 0 Å². The lowest BCUT2D eigenvalue weighted by Gasteiger charge is -2.19. The Bertz CT molecular complexity index is 923. The van der Waals surface area contributed by atoms with Crippen LogP contribution in [0.25, 0.3) is 10.9 Å². The fourth-order valence-electron chi connectivity index (χ4n) is 3.71. The van der Waals surface area contributed by atoms with Gasteiger partial charge in [-0.1, -0.05) is 65.7 Å². The zero-order valence-electron chi connectivity index (χ0n) is 19.9. The Labute approximate surface area is 190 Å². The summed E-state index contributed by atoms with van der Waals surface area (Å²) < 4.78 is 13.7. The quantitative estimate of drug-likeness (QED) is 0.164. The van der Waals surface area contributed by atoms with Crippen LogP contribution in [0.15, 0.2) is 23.0 Å². The fourth-order valence-corrected chi connectivity index (χ4v) is 3.71. The topological polar surface area (TPSA) is 83.6 Å². The van der Waals surface area contributed by atoms with E-state index in [1.54, 1.807) is 10.6 Å². The summed E-state index contributed by atoms with van der Waals surface area (Å²) in [4.78, 5) is 24.4. The molecule has 178 valence electrons. The third kappa shape index (κ3) is 6.97. The third-order valence-electron chi connectivity index (χ3n) is 5.60. The molecule has 1 aromatic carbocycles. The summed E-state index contributed by atoms with van der Waals surface area (Å²) in [6.07, 6.45) is 10.0. The molecule has 32 heavy (non-hydrogen) atoms. The van der Waals surface area contributed by atoms with E-state index in [1.807, 2.05) is 0 Å². The van der Waals surface area contributed by atoms with Crippen LogP contribution in [0, 0.1) is 10.1 Å². The molecule has 0 unspecified atom stereocenters. The first-order chi connectivity index (χ1) is 15.5. The molecule has 2 aromatic rings. The predicted molar refractivity (Wildman–Crippen MR) is 129 cm³/mol. The first-order valence-electron chi connectivity index (χ1n) is 12.2. The second-order valence-corrected chi connectivity index (χ2v) is 8.25. The molecule has 2 rings (SSSR count). The molecule has 1 aromatic heterocycles. The SMILES string of the molecule is CCCCCCOc1c(OCCCC)c(=O)n(CCCCCC)c2cc([N+](=O)[O-])ccc12. The Morgan fingerprint density at radius 2 is 1.47 bits per heavy atom. The normalized spacial score (nSPS) is 11.1. The van der Waals surface area contributed by atoms with Crippen molar-refractivity contribution in [2.45, 2.75) is 91.5 Å². The van der Waals surface area contributed by atoms with Crippen molar-refractivity contribution in [2.75, 3.05) is 13.2 Å². The Kier molecular flexibility index (Phi) is 11.0. The molecule has 7 nitrogen and oxygen atoms in total. The number of ether oxygens (including phenoxy) is 2. The molecule has 7 heteroatoms. The van der Waals surface area contributed by atoms with E-state index < -0.39 is 4.92 Å². The summed E-state index contributed by atoms with van der Waals surface area (Å²) in [6, 6.07) is 4.63. The standard InChI is InChI=1S/C25H38N2O5/c1-4-7-10-12-16-26-22-19-20(27(29)30)14-15-21(22)23(31-18-13-11-8-5-2)24(25(26)28)32-17-9-6-3/h14-15,19H,4-13,16-18H2,1-3H3. The highest BCUT2D eigenvalue weighted by atomic mass is 16.6. The van der Waals surface area contributed by atoms with Crippen molar-refractivity contribution in [1.82, 2.24) is 4.57 Å². The van der Waals surface area contributed by atoms with Gasteiger partial charge in [0.2, 0.25) is 5.75 Å². The van der Waals surface area contributed by atoms with Crippen molar-refractivity contribution in [3.8, 4) is 11.5 Å². The van der Waals surface area contributed by atoms with Crippen molar-refractivity contribution in [3.63, 3.8) is 0 Å². The molecule has 0 aliphatic carbocycles. The van der Waals surface area contributed by atoms with Crippen molar-refractivity contribution in [3.05, 3.63) is 38.7 Å². The Morgan fingerprint density at radius 1 is 0.844 bits per heavy atom. The van der Waals surface area contributed by atoms with E-state index in [2.05, 4.69) is 20.8 Å². The predicted octanol–water partition coefficient (Wildman–Crippen LogP) is 6.63. The average Bonchev–Trinajstić information content (AvgIpc) is 2.79. The van der Waals surface area contributed by atoms with Gasteiger partial charge in [0.25, 0.3) is 11.2 Å². The number of aromatic nitrogens is 1. The summed E-state index contributed by atoms with van der Waals surface area (Å²) in [5.74, 6) is 0.642. The van der Waals surface area contributed by atoms with E-state index in [0.717, 1.165) is 64.2 Å². The molecule has 0 radical (unpaired) electrons. The van der Waals surface area contributed by atoms with Crippen molar-refractivity contribution < 1.29 is 14.4 Å². The van der Waals surface area contributed by atoms with E-state index >= 15 is 0 Å². The Hall–Kier alpha value is -2.57. The van der Waals surface area contributed by atoms with Gasteiger partial charge in [-0.2, -0.15) is 0 Å². The van der Waals surface area contributed by atoms with Gasteiger partial charge in [0.1, 0.15) is 0 Å². The summed E-state index contributed by atoms with van der Waals surface area (Å²) in [5, 5.41) is 12.1. The summed E-state index contributed by atoms with van der Waals surface area (Å²) >= 11 is 0. The summed E-state index contributed by atoms with van der Waals surface area (Å²) in [6.45, 7) is 7.78. The van der Waals surface area contributed by atoms with Crippen LogP contribution in [-0.2, 0) is 6.54 Å². The maximum absolute atomic E-state index is 13.5. The van der Waals surface area contributed by atoms with Gasteiger partial charge < -0.3 is 14.0 Å². The molecule has 0 spiro atoms. The van der Waals surface area contributed by atoms with Gasteiger partial charge in [0, 0.05) is 24.1 Å². The molecule has 0 amide bonds. The highest BCUT2D eigenvalue weighted by Crippen LogP contribution is 2.35. The second kappa shape index (κ2) is 13.8. The number of fused-ring (bicyclic) bond motifs is 1. The van der Waals surface area contributed by atoms with E-state index in [4.69, 9.17) is 9.47 Å². The highest BCUT2D eigenvalue weighted by Gasteiger charge is 2.21. The smallest absolute Gasteiger partial charge is 0.297 e. The third-order valence-corrected chi connectivity index (χ3v) is 5.60. The second-order valence-electron chi connectivity index (χ2n) is 8.25. The average molecular weight is 447 g/mol. The molecule has 0 saturated carbocycles. The van der Waals surface area contributed by atoms with Crippen LogP contribution in [0.2, 0.25) is 0 Å². The lowest BCUT2D eigenvalue weighted by molar-refractivity contribution is -0.384. The van der Waals surface area contributed by atoms with E-state index in [1.165, 1.54) is 12.1 Å². The van der Waals surface area contributed by atoms with Gasteiger partial charge >= 0.3 is 0 Å². The number of nitrogens with zero attached hydrogens (tertiary/aromatic N) is 2. The van der Waals surface area contributed by atoms with Crippen molar-refractivity contribution in [2.24, 2.45) is 0 Å². The first-order valence-corrected chi connectivity index (χ1v) is 12.2. The Balaban J connectivity index is 2.53. The molecule has 0 saturated heterocycles. The molecule has 0 aliphatic heterocycles. The molecule has 1 heterocycles. The number of unbranched alkanes of at least 4 members (excludes halogenated alkanes) is 7. The monoisotopic (exact) mass is 446 g/mol. The molecule has 0 atom stereocenters. The molecule has 0 bridgehead atoms. The van der Waals surface area contributed by atoms with Crippen LogP contribution in [0.1, 0.15) is 85.0 Å². The number of pyridine rings is 1. The van der Waals surface area contributed by atoms with Crippen LogP contribution < -0.4 is 15.0 Å². The van der Waals surface area contributed by atoms with Crippen molar-refractivity contribution >= 4 is 16.6 Å². The summed E-state index contributed by atoms with van der Waals surface area (Å²) in [5.41, 5.74) is 0.231. The van der Waals surface area contributed by atoms with Crippen molar-refractivity contribution in [1.29, 1.82) is 0 Å². The van der Waals surface area contributed by atoms with Crippen LogP contribution in [0.4, 0.5) is 5.69 Å². The number of benzene rings is 1. The fraction of sp³-hybridized carbons (Fsp3) is 0.640. The zero-order chi connectivity index (χ0) is 23.3. The molecular formula is C25H38N2O5. The van der Waals surface area contributed by atoms with Crippen LogP contribution in [-0.4, -0.2) is 22.7 Å². The van der Waals surface area contributed by atoms with Crippen LogP contribution in [0.3, 0.4) is 0 Å². The van der Waals surface area contributed by atoms with Crippen LogP contribution in [0.5, 0.6) is 11.5 Å². The lowest BCUT2D eigenvalue weighted by atomic mass is 10.1. The largest absolute Gasteiger partial charge is 0.489 e. The van der Waals surface area contributed by atoms with Gasteiger partial charge in [-0.15, -0.1) is 0 Å². The van der Waals surface area contributed by atoms with Gasteiger partial charge in [0.05, 0.1) is 23.7 Å².